The summed E-state index contributed by atoms with van der Waals surface area (Å²) in [6.45, 7) is 8.25. The average Bonchev–Trinajstić information content (AvgIpc) is 3.23. The molecule has 11 atom stereocenters. The van der Waals surface area contributed by atoms with Crippen LogP contribution in [-0.4, -0.2) is 45.5 Å². The predicted molar refractivity (Wildman–Crippen MR) is 149 cm³/mol. The molecule has 0 radical (unpaired) electrons. The number of rotatable bonds is 6. The van der Waals surface area contributed by atoms with Crippen molar-refractivity contribution < 1.29 is 29.6 Å². The molecule has 4 fully saturated rings. The quantitative estimate of drug-likeness (QED) is 0.300. The third kappa shape index (κ3) is 5.15. The van der Waals surface area contributed by atoms with Crippen LogP contribution < -0.4 is 10.1 Å². The number of nitrogens with one attached hydrogen (secondary N) is 1. The fraction of sp³-hybridized carbons (Fsp3) is 0.750. The van der Waals surface area contributed by atoms with E-state index in [1.54, 1.807) is 24.3 Å². The zero-order valence-electron chi connectivity index (χ0n) is 23.9. The maximum Gasteiger partial charge on any atom is 0.311 e. The highest BCUT2D eigenvalue weighted by atomic mass is 16.5. The molecule has 0 saturated heterocycles. The molecule has 0 aliphatic heterocycles. The number of aliphatic hydroxyl groups excluding tert-OH is 3. The molecule has 0 unspecified atom stereocenters. The van der Waals surface area contributed by atoms with Gasteiger partial charge in [-0.05, 0) is 122 Å². The Morgan fingerprint density at radius 1 is 1.03 bits per heavy atom. The number of carbonyl (C=O) groups is 2. The minimum Gasteiger partial charge on any atom is -0.427 e. The summed E-state index contributed by atoms with van der Waals surface area (Å²) < 4.78 is 5.54. The fourth-order valence-electron chi connectivity index (χ4n) is 9.67. The monoisotopic (exact) mass is 541 g/mol. The third-order valence-corrected chi connectivity index (χ3v) is 11.7. The van der Waals surface area contributed by atoms with E-state index in [0.29, 0.717) is 30.2 Å². The SMILES string of the molecule is CC(=O)Nc1ccc(OC(=O)CC[C@@H](C)[C@H]2CC[C@H]3[C@@H]4[C@H](O)C[C@@H]5C[C@H](O)CC[C@]5(C)[C@H]4C[C@H](O)[C@]23C)cc1. The molecule has 4 aliphatic carbocycles. The summed E-state index contributed by atoms with van der Waals surface area (Å²) in [4.78, 5) is 23.9. The van der Waals surface area contributed by atoms with Crippen LogP contribution in [0.3, 0.4) is 0 Å². The molecule has 216 valence electrons. The van der Waals surface area contributed by atoms with Gasteiger partial charge in [-0.15, -0.1) is 0 Å². The number of amides is 1. The molecule has 1 aromatic carbocycles. The van der Waals surface area contributed by atoms with Gasteiger partial charge in [-0.1, -0.05) is 20.8 Å². The van der Waals surface area contributed by atoms with Gasteiger partial charge in [-0.3, -0.25) is 9.59 Å². The average molecular weight is 542 g/mol. The van der Waals surface area contributed by atoms with Crippen LogP contribution in [0.4, 0.5) is 5.69 Å². The second kappa shape index (κ2) is 10.8. The Hall–Kier alpha value is -1.96. The van der Waals surface area contributed by atoms with Crippen LogP contribution in [-0.2, 0) is 9.59 Å². The molecule has 0 spiro atoms. The van der Waals surface area contributed by atoms with E-state index in [9.17, 15) is 24.9 Å². The lowest BCUT2D eigenvalue weighted by Gasteiger charge is -2.63. The maximum atomic E-state index is 12.7. The largest absolute Gasteiger partial charge is 0.427 e. The smallest absolute Gasteiger partial charge is 0.311 e. The molecule has 0 heterocycles. The van der Waals surface area contributed by atoms with E-state index in [-0.39, 0.29) is 64.5 Å². The molecule has 4 aliphatic rings. The van der Waals surface area contributed by atoms with Crippen LogP contribution in [0.1, 0.15) is 85.5 Å². The number of benzene rings is 1. The van der Waals surface area contributed by atoms with Gasteiger partial charge in [-0.25, -0.2) is 0 Å². The van der Waals surface area contributed by atoms with Crippen molar-refractivity contribution in [3.8, 4) is 5.75 Å². The van der Waals surface area contributed by atoms with Gasteiger partial charge in [0, 0.05) is 19.0 Å². The Morgan fingerprint density at radius 3 is 2.44 bits per heavy atom. The van der Waals surface area contributed by atoms with Gasteiger partial charge < -0.3 is 25.4 Å². The lowest BCUT2D eigenvalue weighted by atomic mass is 9.43. The highest BCUT2D eigenvalue weighted by Crippen LogP contribution is 2.68. The second-order valence-corrected chi connectivity index (χ2v) is 13.7. The predicted octanol–water partition coefficient (Wildman–Crippen LogP) is 4.93. The standard InChI is InChI=1S/C32H47NO6/c1-18(5-12-29(38)39-23-8-6-21(7-9-23)33-19(2)34)24-10-11-25-30-26(17-28(37)32(24,25)4)31(3)14-13-22(35)15-20(31)16-27(30)36/h6-9,18,20,22,24-28,30,35-37H,5,10-17H2,1-4H3,(H,33,34)/t18-,20+,22-,24-,25+,26+,27-,28+,30+,31+,32-/m1/s1. The zero-order valence-corrected chi connectivity index (χ0v) is 23.9. The molecular formula is C32H47NO6. The van der Waals surface area contributed by atoms with Crippen LogP contribution >= 0.6 is 0 Å². The van der Waals surface area contributed by atoms with Gasteiger partial charge in [0.15, 0.2) is 0 Å². The number of anilines is 1. The topological polar surface area (TPSA) is 116 Å². The highest BCUT2D eigenvalue weighted by molar-refractivity contribution is 5.88. The number of ether oxygens (including phenoxy) is 1. The van der Waals surface area contributed by atoms with Crippen molar-refractivity contribution in [1.29, 1.82) is 0 Å². The van der Waals surface area contributed by atoms with Gasteiger partial charge in [0.2, 0.25) is 5.91 Å². The lowest BCUT2D eigenvalue weighted by Crippen LogP contribution is -2.62. The summed E-state index contributed by atoms with van der Waals surface area (Å²) in [6.07, 6.45) is 5.98. The zero-order chi connectivity index (χ0) is 28.1. The summed E-state index contributed by atoms with van der Waals surface area (Å²) in [5.41, 5.74) is 0.448. The van der Waals surface area contributed by atoms with E-state index in [0.717, 1.165) is 44.9 Å². The van der Waals surface area contributed by atoms with Gasteiger partial charge in [0.25, 0.3) is 0 Å². The van der Waals surface area contributed by atoms with Crippen molar-refractivity contribution in [2.75, 3.05) is 5.32 Å². The Labute approximate surface area is 232 Å². The van der Waals surface area contributed by atoms with Crippen molar-refractivity contribution in [1.82, 2.24) is 0 Å². The van der Waals surface area contributed by atoms with E-state index in [1.807, 2.05) is 0 Å². The van der Waals surface area contributed by atoms with Crippen LogP contribution in [0.25, 0.3) is 0 Å². The molecular weight excluding hydrogens is 494 g/mol. The normalized spacial score (nSPS) is 42.0. The maximum absolute atomic E-state index is 12.7. The second-order valence-electron chi connectivity index (χ2n) is 13.7. The van der Waals surface area contributed by atoms with Crippen LogP contribution in [0, 0.1) is 46.3 Å². The molecule has 4 N–H and O–H groups in total. The number of esters is 1. The number of hydrogen-bond donors (Lipinski definition) is 4. The first-order valence-electron chi connectivity index (χ1n) is 15.1. The number of hydrogen-bond acceptors (Lipinski definition) is 6. The van der Waals surface area contributed by atoms with Crippen LogP contribution in [0.2, 0.25) is 0 Å². The minimum atomic E-state index is -0.428. The number of fused-ring (bicyclic) bond motifs is 5. The molecule has 7 nitrogen and oxygen atoms in total. The van der Waals surface area contributed by atoms with Gasteiger partial charge in [-0.2, -0.15) is 0 Å². The van der Waals surface area contributed by atoms with Crippen LogP contribution in [0.15, 0.2) is 24.3 Å². The summed E-state index contributed by atoms with van der Waals surface area (Å²) in [7, 11) is 0. The molecule has 4 saturated carbocycles. The third-order valence-electron chi connectivity index (χ3n) is 11.7. The highest BCUT2D eigenvalue weighted by Gasteiger charge is 2.65. The van der Waals surface area contributed by atoms with Crippen molar-refractivity contribution in [3.05, 3.63) is 24.3 Å². The van der Waals surface area contributed by atoms with Gasteiger partial charge >= 0.3 is 5.97 Å². The number of aliphatic hydroxyl groups is 3. The molecule has 1 amide bonds. The van der Waals surface area contributed by atoms with Crippen molar-refractivity contribution in [2.45, 2.75) is 104 Å². The summed E-state index contributed by atoms with van der Waals surface area (Å²) in [6, 6.07) is 6.78. The van der Waals surface area contributed by atoms with Crippen molar-refractivity contribution in [2.24, 2.45) is 46.3 Å². The van der Waals surface area contributed by atoms with E-state index >= 15 is 0 Å². The van der Waals surface area contributed by atoms with Gasteiger partial charge in [0.05, 0.1) is 18.3 Å². The van der Waals surface area contributed by atoms with Crippen molar-refractivity contribution >= 4 is 17.6 Å². The first kappa shape index (κ1) is 28.6. The molecule has 7 heteroatoms. The first-order chi connectivity index (χ1) is 18.4. The lowest BCUT2D eigenvalue weighted by molar-refractivity contribution is -0.207. The molecule has 39 heavy (non-hydrogen) atoms. The number of carbonyl (C=O) groups excluding carboxylic acids is 2. The van der Waals surface area contributed by atoms with E-state index in [4.69, 9.17) is 4.74 Å². The fourth-order valence-corrected chi connectivity index (χ4v) is 9.67. The molecule has 5 rings (SSSR count). The Kier molecular flexibility index (Phi) is 7.90. The summed E-state index contributed by atoms with van der Waals surface area (Å²) >= 11 is 0. The van der Waals surface area contributed by atoms with E-state index in [2.05, 4.69) is 26.1 Å². The summed E-state index contributed by atoms with van der Waals surface area (Å²) in [5, 5.41) is 36.2. The molecule has 0 aromatic heterocycles. The summed E-state index contributed by atoms with van der Waals surface area (Å²) in [5.74, 6) is 1.62. The van der Waals surface area contributed by atoms with Crippen LogP contribution in [0.5, 0.6) is 5.75 Å². The Morgan fingerprint density at radius 2 is 1.74 bits per heavy atom. The van der Waals surface area contributed by atoms with E-state index < -0.39 is 6.10 Å². The Bertz CT molecular complexity index is 1060. The molecule has 0 bridgehead atoms. The molecule has 1 aromatic rings. The van der Waals surface area contributed by atoms with Crippen molar-refractivity contribution in [3.63, 3.8) is 0 Å². The Balaban J connectivity index is 1.23. The first-order valence-corrected chi connectivity index (χ1v) is 15.1. The van der Waals surface area contributed by atoms with E-state index in [1.165, 1.54) is 6.92 Å². The van der Waals surface area contributed by atoms with Gasteiger partial charge in [0.1, 0.15) is 5.75 Å². The minimum absolute atomic E-state index is 0.0687.